The Bertz CT molecular complexity index is 45.8. The minimum absolute atomic E-state index is 0.658. The molecular formula is C6H12AsF. The molecule has 2 radical (unpaired) electrons. The summed E-state index contributed by atoms with van der Waals surface area (Å²) in [5.74, 6) is 0. The SMILES string of the molecule is CCCCCC(F)[As]. The first-order chi connectivity index (χ1) is 3.77. The topological polar surface area (TPSA) is 0 Å². The van der Waals surface area contributed by atoms with Gasteiger partial charge in [-0.05, 0) is 0 Å². The zero-order chi connectivity index (χ0) is 6.41. The molecule has 1 atom stereocenters. The van der Waals surface area contributed by atoms with Crippen LogP contribution in [0.2, 0.25) is 0 Å². The fourth-order valence-electron chi connectivity index (χ4n) is 0.563. The molecule has 0 saturated heterocycles. The van der Waals surface area contributed by atoms with Crippen molar-refractivity contribution in [1.29, 1.82) is 0 Å². The first-order valence-corrected chi connectivity index (χ1v) is 4.18. The van der Waals surface area contributed by atoms with Crippen LogP contribution >= 0.6 is 0 Å². The summed E-state index contributed by atoms with van der Waals surface area (Å²) in [5.41, 5.74) is 0. The van der Waals surface area contributed by atoms with E-state index < -0.39 is 4.96 Å². The van der Waals surface area contributed by atoms with Crippen LogP contribution in [0.25, 0.3) is 0 Å². The molecule has 1 unspecified atom stereocenters. The Morgan fingerprint density at radius 3 is 2.50 bits per heavy atom. The second-order valence-electron chi connectivity index (χ2n) is 1.93. The third kappa shape index (κ3) is 6.49. The molecule has 0 nitrogen and oxygen atoms in total. The predicted octanol–water partition coefficient (Wildman–Crippen LogP) is 2.03. The van der Waals surface area contributed by atoms with Crippen molar-refractivity contribution in [2.24, 2.45) is 0 Å². The van der Waals surface area contributed by atoms with Gasteiger partial charge in [-0.2, -0.15) is 0 Å². The molecule has 0 aromatic rings. The van der Waals surface area contributed by atoms with Gasteiger partial charge in [0.2, 0.25) is 0 Å². The van der Waals surface area contributed by atoms with E-state index in [1.165, 1.54) is 6.42 Å². The Kier molecular flexibility index (Phi) is 5.97. The van der Waals surface area contributed by atoms with E-state index in [9.17, 15) is 4.39 Å². The Balaban J connectivity index is 2.72. The molecule has 0 heterocycles. The zero-order valence-corrected chi connectivity index (χ0v) is 7.11. The molecule has 0 amide bonds. The molecule has 8 heavy (non-hydrogen) atoms. The van der Waals surface area contributed by atoms with Gasteiger partial charge in [0.15, 0.2) is 0 Å². The van der Waals surface area contributed by atoms with Crippen LogP contribution in [0.5, 0.6) is 0 Å². The van der Waals surface area contributed by atoms with Gasteiger partial charge in [-0.25, -0.2) is 0 Å². The maximum atomic E-state index is 12.0. The van der Waals surface area contributed by atoms with Crippen molar-refractivity contribution >= 4 is 16.9 Å². The number of hydrogen-bond acceptors (Lipinski definition) is 0. The van der Waals surface area contributed by atoms with E-state index >= 15 is 0 Å². The molecule has 0 aromatic carbocycles. The predicted molar refractivity (Wildman–Crippen MR) is 34.8 cm³/mol. The van der Waals surface area contributed by atoms with Crippen LogP contribution in [0, 0.1) is 0 Å². The monoisotopic (exact) mass is 178 g/mol. The molecule has 0 spiro atoms. The second-order valence-corrected chi connectivity index (χ2v) is 3.11. The van der Waals surface area contributed by atoms with E-state index in [0.717, 1.165) is 12.8 Å². The zero-order valence-electron chi connectivity index (χ0n) is 5.23. The molecule has 0 aliphatic heterocycles. The van der Waals surface area contributed by atoms with Gasteiger partial charge in [0.1, 0.15) is 0 Å². The van der Waals surface area contributed by atoms with E-state index in [-0.39, 0.29) is 0 Å². The van der Waals surface area contributed by atoms with Crippen LogP contribution < -0.4 is 0 Å². The minimum atomic E-state index is -0.658. The average molecular weight is 178 g/mol. The van der Waals surface area contributed by atoms with Crippen molar-refractivity contribution < 1.29 is 4.39 Å². The second kappa shape index (κ2) is 5.62. The number of halogens is 1. The standard InChI is InChI=1S/C6H12AsF/c1-2-3-4-5-6(7)8/h6H,2-5H2,1H3. The van der Waals surface area contributed by atoms with E-state index in [0.29, 0.717) is 6.42 Å². The van der Waals surface area contributed by atoms with Gasteiger partial charge in [0.25, 0.3) is 0 Å². The van der Waals surface area contributed by atoms with Gasteiger partial charge in [0.05, 0.1) is 0 Å². The van der Waals surface area contributed by atoms with Gasteiger partial charge in [0, 0.05) is 0 Å². The van der Waals surface area contributed by atoms with Crippen molar-refractivity contribution in [1.82, 2.24) is 0 Å². The Hall–Kier alpha value is 0.488. The first kappa shape index (κ1) is 8.49. The Morgan fingerprint density at radius 1 is 1.50 bits per heavy atom. The number of hydrogen-bond donors (Lipinski definition) is 0. The molecule has 2 heteroatoms. The third-order valence-electron chi connectivity index (χ3n) is 1.05. The van der Waals surface area contributed by atoms with Crippen LogP contribution in [0.15, 0.2) is 0 Å². The van der Waals surface area contributed by atoms with E-state index in [1.807, 2.05) is 16.9 Å². The molecular weight excluding hydrogens is 166 g/mol. The molecule has 0 fully saturated rings. The molecule has 0 N–H and O–H groups in total. The summed E-state index contributed by atoms with van der Waals surface area (Å²) in [6.07, 6.45) is 4.10. The Morgan fingerprint density at radius 2 is 2.12 bits per heavy atom. The van der Waals surface area contributed by atoms with Crippen molar-refractivity contribution in [2.75, 3.05) is 0 Å². The number of rotatable bonds is 4. The molecule has 48 valence electrons. The van der Waals surface area contributed by atoms with Gasteiger partial charge in [-0.15, -0.1) is 0 Å². The maximum absolute atomic E-state index is 12.0. The van der Waals surface area contributed by atoms with Crippen molar-refractivity contribution in [2.45, 2.75) is 37.6 Å². The van der Waals surface area contributed by atoms with Gasteiger partial charge in [-0.3, -0.25) is 0 Å². The van der Waals surface area contributed by atoms with E-state index in [2.05, 4.69) is 6.92 Å². The van der Waals surface area contributed by atoms with Crippen molar-refractivity contribution in [3.05, 3.63) is 0 Å². The first-order valence-electron chi connectivity index (χ1n) is 3.09. The summed E-state index contributed by atoms with van der Waals surface area (Å²) in [6, 6.07) is 0. The Labute approximate surface area is 59.3 Å². The normalized spacial score (nSPS) is 13.9. The third-order valence-corrected chi connectivity index (χ3v) is 1.59. The summed E-state index contributed by atoms with van der Waals surface area (Å²) < 4.78 is 12.0. The van der Waals surface area contributed by atoms with Crippen LogP contribution in [0.4, 0.5) is 4.39 Å². The summed E-state index contributed by atoms with van der Waals surface area (Å²) >= 11 is 2.03. The molecule has 0 bridgehead atoms. The summed E-state index contributed by atoms with van der Waals surface area (Å²) in [4.78, 5) is -0.658. The molecule has 0 aliphatic rings. The fourth-order valence-corrected chi connectivity index (χ4v) is 0.946. The van der Waals surface area contributed by atoms with Crippen LogP contribution in [-0.2, 0) is 0 Å². The summed E-state index contributed by atoms with van der Waals surface area (Å²) in [7, 11) is 0. The van der Waals surface area contributed by atoms with E-state index in [4.69, 9.17) is 0 Å². The number of alkyl halides is 1. The van der Waals surface area contributed by atoms with Crippen LogP contribution in [-0.4, -0.2) is 21.8 Å². The van der Waals surface area contributed by atoms with E-state index in [1.54, 1.807) is 0 Å². The summed E-state index contributed by atoms with van der Waals surface area (Å²) in [5, 5.41) is 0. The molecule has 0 aliphatic carbocycles. The van der Waals surface area contributed by atoms with Gasteiger partial charge < -0.3 is 0 Å². The number of unbranched alkanes of at least 4 members (excludes halogenated alkanes) is 2. The molecule has 0 aromatic heterocycles. The average Bonchev–Trinajstić information content (AvgIpc) is 1.66. The van der Waals surface area contributed by atoms with Crippen LogP contribution in [0.1, 0.15) is 32.6 Å². The van der Waals surface area contributed by atoms with Gasteiger partial charge >= 0.3 is 58.8 Å². The molecule has 0 rings (SSSR count). The quantitative estimate of drug-likeness (QED) is 0.456. The van der Waals surface area contributed by atoms with Gasteiger partial charge in [-0.1, -0.05) is 0 Å². The molecule has 0 saturated carbocycles. The van der Waals surface area contributed by atoms with Crippen molar-refractivity contribution in [3.8, 4) is 0 Å². The fraction of sp³-hybridized carbons (Fsp3) is 1.00. The van der Waals surface area contributed by atoms with Crippen molar-refractivity contribution in [3.63, 3.8) is 0 Å². The van der Waals surface area contributed by atoms with Crippen LogP contribution in [0.3, 0.4) is 0 Å². The summed E-state index contributed by atoms with van der Waals surface area (Å²) in [6.45, 7) is 2.12.